The van der Waals surface area contributed by atoms with Gasteiger partial charge < -0.3 is 9.64 Å². The monoisotopic (exact) mass is 355 g/mol. The fourth-order valence-electron chi connectivity index (χ4n) is 2.10. The normalized spacial score (nSPS) is 10.6. The van der Waals surface area contributed by atoms with E-state index in [9.17, 15) is 4.79 Å². The summed E-state index contributed by atoms with van der Waals surface area (Å²) in [5.74, 6) is 0.645. The summed E-state index contributed by atoms with van der Waals surface area (Å²) in [4.78, 5) is 13.8. The van der Waals surface area contributed by atoms with Crippen LogP contribution in [0.3, 0.4) is 0 Å². The summed E-state index contributed by atoms with van der Waals surface area (Å²) in [5, 5.41) is 5.12. The molecule has 0 unspecified atom stereocenters. The molecule has 2 rings (SSSR count). The average molecular weight is 356 g/mol. The maximum absolute atomic E-state index is 12.1. The maximum Gasteiger partial charge on any atom is 0.222 e. The van der Waals surface area contributed by atoms with Crippen molar-refractivity contribution in [1.29, 1.82) is 0 Å². The van der Waals surface area contributed by atoms with E-state index in [1.165, 1.54) is 0 Å². The Balaban J connectivity index is 1.71. The first kappa shape index (κ1) is 17.6. The van der Waals surface area contributed by atoms with Crippen molar-refractivity contribution in [1.82, 2.24) is 14.7 Å². The summed E-state index contributed by atoms with van der Waals surface area (Å²) in [6.07, 6.45) is 4.70. The van der Waals surface area contributed by atoms with Crippen molar-refractivity contribution in [3.05, 3.63) is 46.2 Å². The molecule has 0 N–H and O–H groups in total. The van der Waals surface area contributed by atoms with Gasteiger partial charge in [-0.05, 0) is 24.6 Å². The number of benzene rings is 1. The second-order valence-corrected chi connectivity index (χ2v) is 6.14. The van der Waals surface area contributed by atoms with Gasteiger partial charge in [0.05, 0.1) is 17.8 Å². The molecule has 0 aliphatic carbocycles. The molecule has 0 bridgehead atoms. The molecule has 1 aromatic heterocycles. The zero-order valence-electron chi connectivity index (χ0n) is 13.1. The highest BCUT2D eigenvalue weighted by Gasteiger charge is 2.10. The number of carbonyl (C=O) groups is 1. The molecular formula is C16H19Cl2N3O2. The molecule has 0 saturated heterocycles. The van der Waals surface area contributed by atoms with Crippen molar-refractivity contribution in [2.24, 2.45) is 7.05 Å². The van der Waals surface area contributed by atoms with Crippen LogP contribution >= 0.6 is 23.2 Å². The van der Waals surface area contributed by atoms with Crippen LogP contribution in [0.15, 0.2) is 30.6 Å². The SMILES string of the molecule is CN(Cc1cnn(C)c1)C(=O)CCCOc1ccc(Cl)cc1Cl. The van der Waals surface area contributed by atoms with E-state index in [4.69, 9.17) is 27.9 Å². The number of hydrogen-bond donors (Lipinski definition) is 0. The van der Waals surface area contributed by atoms with Gasteiger partial charge in [0.15, 0.2) is 0 Å². The predicted octanol–water partition coefficient (Wildman–Crippen LogP) is 3.54. The Morgan fingerprint density at radius 1 is 1.39 bits per heavy atom. The van der Waals surface area contributed by atoms with Gasteiger partial charge in [0.1, 0.15) is 5.75 Å². The molecule has 0 aliphatic rings. The number of aryl methyl sites for hydroxylation is 1. The third-order valence-corrected chi connectivity index (χ3v) is 3.82. The van der Waals surface area contributed by atoms with Crippen LogP contribution in [0.1, 0.15) is 18.4 Å². The Hall–Kier alpha value is -1.72. The summed E-state index contributed by atoms with van der Waals surface area (Å²) in [6, 6.07) is 5.07. The standard InChI is InChI=1S/C16H19Cl2N3O2/c1-20(10-12-9-19-21(2)11-12)16(22)4-3-7-23-15-6-5-13(17)8-14(15)18/h5-6,8-9,11H,3-4,7,10H2,1-2H3. The van der Waals surface area contributed by atoms with E-state index in [-0.39, 0.29) is 5.91 Å². The molecule has 0 saturated carbocycles. The molecule has 23 heavy (non-hydrogen) atoms. The van der Waals surface area contributed by atoms with Crippen LogP contribution in [-0.2, 0) is 18.4 Å². The van der Waals surface area contributed by atoms with Crippen LogP contribution in [0.4, 0.5) is 0 Å². The second-order valence-electron chi connectivity index (χ2n) is 5.30. The van der Waals surface area contributed by atoms with Gasteiger partial charge >= 0.3 is 0 Å². The lowest BCUT2D eigenvalue weighted by Crippen LogP contribution is -2.26. The zero-order valence-corrected chi connectivity index (χ0v) is 14.6. The number of ether oxygens (including phenoxy) is 1. The van der Waals surface area contributed by atoms with Gasteiger partial charge in [-0.25, -0.2) is 0 Å². The lowest BCUT2D eigenvalue weighted by atomic mass is 10.2. The zero-order chi connectivity index (χ0) is 16.8. The minimum absolute atomic E-state index is 0.0691. The van der Waals surface area contributed by atoms with Crippen molar-refractivity contribution < 1.29 is 9.53 Å². The molecule has 1 aromatic carbocycles. The number of aromatic nitrogens is 2. The van der Waals surface area contributed by atoms with Crippen molar-refractivity contribution in [2.75, 3.05) is 13.7 Å². The molecule has 2 aromatic rings. The number of carbonyl (C=O) groups excluding carboxylic acids is 1. The van der Waals surface area contributed by atoms with Crippen LogP contribution in [0.25, 0.3) is 0 Å². The van der Waals surface area contributed by atoms with E-state index < -0.39 is 0 Å². The van der Waals surface area contributed by atoms with E-state index in [1.54, 1.807) is 41.0 Å². The van der Waals surface area contributed by atoms with E-state index in [0.717, 1.165) is 5.56 Å². The number of amides is 1. The highest BCUT2D eigenvalue weighted by Crippen LogP contribution is 2.27. The summed E-state index contributed by atoms with van der Waals surface area (Å²) < 4.78 is 7.29. The van der Waals surface area contributed by atoms with Gasteiger partial charge in [-0.15, -0.1) is 0 Å². The molecule has 0 fully saturated rings. The summed E-state index contributed by atoms with van der Waals surface area (Å²) in [5.41, 5.74) is 1.01. The molecular weight excluding hydrogens is 337 g/mol. The Morgan fingerprint density at radius 2 is 2.17 bits per heavy atom. The van der Waals surface area contributed by atoms with E-state index in [2.05, 4.69) is 5.10 Å². The van der Waals surface area contributed by atoms with E-state index in [0.29, 0.717) is 41.8 Å². The molecule has 7 heteroatoms. The smallest absolute Gasteiger partial charge is 0.222 e. The molecule has 5 nitrogen and oxygen atoms in total. The Morgan fingerprint density at radius 3 is 2.83 bits per heavy atom. The van der Waals surface area contributed by atoms with Gasteiger partial charge in [-0.2, -0.15) is 5.10 Å². The van der Waals surface area contributed by atoms with Crippen molar-refractivity contribution in [2.45, 2.75) is 19.4 Å². The number of nitrogens with zero attached hydrogens (tertiary/aromatic N) is 3. The quantitative estimate of drug-likeness (QED) is 0.713. The summed E-state index contributed by atoms with van der Waals surface area (Å²) >= 11 is 11.8. The van der Waals surface area contributed by atoms with Crippen molar-refractivity contribution in [3.63, 3.8) is 0 Å². The number of halogens is 2. The van der Waals surface area contributed by atoms with Crippen molar-refractivity contribution in [3.8, 4) is 5.75 Å². The molecule has 0 spiro atoms. The van der Waals surface area contributed by atoms with Crippen LogP contribution in [0.2, 0.25) is 10.0 Å². The van der Waals surface area contributed by atoms with E-state index in [1.807, 2.05) is 13.2 Å². The van der Waals surface area contributed by atoms with Gasteiger partial charge in [0, 0.05) is 43.8 Å². The topological polar surface area (TPSA) is 47.4 Å². The maximum atomic E-state index is 12.1. The van der Waals surface area contributed by atoms with E-state index >= 15 is 0 Å². The van der Waals surface area contributed by atoms with Gasteiger partial charge in [0.25, 0.3) is 0 Å². The first-order valence-corrected chi connectivity index (χ1v) is 8.00. The predicted molar refractivity (Wildman–Crippen MR) is 90.9 cm³/mol. The van der Waals surface area contributed by atoms with Crippen LogP contribution in [-0.4, -0.2) is 34.2 Å². The van der Waals surface area contributed by atoms with Crippen LogP contribution < -0.4 is 4.74 Å². The highest BCUT2D eigenvalue weighted by molar-refractivity contribution is 6.35. The number of hydrogen-bond acceptors (Lipinski definition) is 3. The van der Waals surface area contributed by atoms with Gasteiger partial charge in [-0.3, -0.25) is 9.48 Å². The first-order valence-electron chi connectivity index (χ1n) is 7.25. The summed E-state index contributed by atoms with van der Waals surface area (Å²) in [6.45, 7) is 0.977. The Bertz CT molecular complexity index is 673. The molecule has 0 aliphatic heterocycles. The molecule has 124 valence electrons. The second kappa shape index (κ2) is 8.22. The fraction of sp³-hybridized carbons (Fsp3) is 0.375. The molecule has 1 amide bonds. The minimum Gasteiger partial charge on any atom is -0.492 e. The summed E-state index contributed by atoms with van der Waals surface area (Å²) in [7, 11) is 3.64. The molecule has 1 heterocycles. The number of rotatable bonds is 7. The van der Waals surface area contributed by atoms with Crippen molar-refractivity contribution >= 4 is 29.1 Å². The molecule has 0 radical (unpaired) electrons. The lowest BCUT2D eigenvalue weighted by molar-refractivity contribution is -0.130. The largest absolute Gasteiger partial charge is 0.492 e. The van der Waals surface area contributed by atoms with Gasteiger partial charge in [-0.1, -0.05) is 23.2 Å². The van der Waals surface area contributed by atoms with Crippen LogP contribution in [0, 0.1) is 0 Å². The Labute approximate surface area is 145 Å². The molecule has 0 atom stereocenters. The average Bonchev–Trinajstić information content (AvgIpc) is 2.90. The third-order valence-electron chi connectivity index (χ3n) is 3.29. The Kier molecular flexibility index (Phi) is 6.30. The minimum atomic E-state index is 0.0691. The van der Waals surface area contributed by atoms with Crippen LogP contribution in [0.5, 0.6) is 5.75 Å². The first-order chi connectivity index (χ1) is 11.0. The van der Waals surface area contributed by atoms with Gasteiger partial charge in [0.2, 0.25) is 5.91 Å². The lowest BCUT2D eigenvalue weighted by Gasteiger charge is -2.16. The fourth-order valence-corrected chi connectivity index (χ4v) is 2.57. The highest BCUT2D eigenvalue weighted by atomic mass is 35.5. The third kappa shape index (κ3) is 5.44.